The SMILES string of the molecule is Cc1csc(CCNC(=S)NC2CCCC2)n1. The standard InChI is InChI=1S/C12H19N3S2/c1-9-8-17-11(14-9)6-7-13-12(16)15-10-4-2-3-5-10/h8,10H,2-7H2,1H3,(H2,13,15,16). The van der Waals surface area contributed by atoms with Crippen LogP contribution in [-0.4, -0.2) is 22.7 Å². The molecular formula is C12H19N3S2. The fourth-order valence-corrected chi connectivity index (χ4v) is 3.15. The molecule has 17 heavy (non-hydrogen) atoms. The summed E-state index contributed by atoms with van der Waals surface area (Å²) in [6.45, 7) is 2.89. The highest BCUT2D eigenvalue weighted by Gasteiger charge is 2.15. The number of aryl methyl sites for hydroxylation is 1. The molecule has 1 saturated carbocycles. The minimum absolute atomic E-state index is 0.595. The van der Waals surface area contributed by atoms with E-state index in [4.69, 9.17) is 12.2 Å². The highest BCUT2D eigenvalue weighted by atomic mass is 32.1. The summed E-state index contributed by atoms with van der Waals surface area (Å²) in [4.78, 5) is 4.43. The third-order valence-corrected chi connectivity index (χ3v) is 4.27. The maximum absolute atomic E-state index is 5.27. The summed E-state index contributed by atoms with van der Waals surface area (Å²) in [6.07, 6.45) is 6.13. The Morgan fingerprint density at radius 3 is 2.94 bits per heavy atom. The van der Waals surface area contributed by atoms with Gasteiger partial charge in [0.2, 0.25) is 0 Å². The van der Waals surface area contributed by atoms with Gasteiger partial charge >= 0.3 is 0 Å². The number of nitrogens with one attached hydrogen (secondary N) is 2. The Morgan fingerprint density at radius 1 is 1.53 bits per heavy atom. The van der Waals surface area contributed by atoms with Gasteiger partial charge in [0.1, 0.15) is 0 Å². The summed E-state index contributed by atoms with van der Waals surface area (Å²) < 4.78 is 0. The molecule has 1 heterocycles. The number of nitrogens with zero attached hydrogens (tertiary/aromatic N) is 1. The highest BCUT2D eigenvalue weighted by molar-refractivity contribution is 7.80. The van der Waals surface area contributed by atoms with Crippen molar-refractivity contribution in [3.05, 3.63) is 16.1 Å². The molecule has 5 heteroatoms. The second-order valence-corrected chi connectivity index (χ2v) is 5.87. The second-order valence-electron chi connectivity index (χ2n) is 4.51. The Morgan fingerprint density at radius 2 is 2.29 bits per heavy atom. The third-order valence-electron chi connectivity index (χ3n) is 2.98. The van der Waals surface area contributed by atoms with Crippen molar-refractivity contribution in [2.75, 3.05) is 6.54 Å². The first kappa shape index (κ1) is 12.8. The average molecular weight is 269 g/mol. The van der Waals surface area contributed by atoms with Gasteiger partial charge in [-0.05, 0) is 32.0 Å². The first-order valence-corrected chi connectivity index (χ1v) is 7.48. The number of hydrogen-bond donors (Lipinski definition) is 2. The molecule has 1 aliphatic rings. The zero-order valence-corrected chi connectivity index (χ0v) is 11.8. The summed E-state index contributed by atoms with van der Waals surface area (Å²) >= 11 is 6.99. The van der Waals surface area contributed by atoms with Crippen molar-refractivity contribution in [1.29, 1.82) is 0 Å². The van der Waals surface area contributed by atoms with Gasteiger partial charge in [0, 0.05) is 30.1 Å². The highest BCUT2D eigenvalue weighted by Crippen LogP contribution is 2.17. The van der Waals surface area contributed by atoms with Gasteiger partial charge in [0.05, 0.1) is 5.01 Å². The maximum Gasteiger partial charge on any atom is 0.166 e. The Balaban J connectivity index is 1.62. The van der Waals surface area contributed by atoms with E-state index in [1.807, 2.05) is 6.92 Å². The van der Waals surface area contributed by atoms with Gasteiger partial charge in [0.25, 0.3) is 0 Å². The molecular weight excluding hydrogens is 250 g/mol. The predicted octanol–water partition coefficient (Wildman–Crippen LogP) is 2.40. The maximum atomic E-state index is 5.27. The molecule has 94 valence electrons. The molecule has 0 atom stereocenters. The van der Waals surface area contributed by atoms with Crippen LogP contribution in [-0.2, 0) is 6.42 Å². The fraction of sp³-hybridized carbons (Fsp3) is 0.667. The van der Waals surface area contributed by atoms with E-state index in [-0.39, 0.29) is 0 Å². The van der Waals surface area contributed by atoms with Gasteiger partial charge in [0.15, 0.2) is 5.11 Å². The van der Waals surface area contributed by atoms with Crippen molar-refractivity contribution in [3.8, 4) is 0 Å². The first-order chi connectivity index (χ1) is 8.24. The van der Waals surface area contributed by atoms with Crippen molar-refractivity contribution in [3.63, 3.8) is 0 Å². The van der Waals surface area contributed by atoms with Gasteiger partial charge in [-0.2, -0.15) is 0 Å². The summed E-state index contributed by atoms with van der Waals surface area (Å²) in [5.74, 6) is 0. The fourth-order valence-electron chi connectivity index (χ4n) is 2.11. The van der Waals surface area contributed by atoms with Crippen LogP contribution in [0.1, 0.15) is 36.4 Å². The lowest BCUT2D eigenvalue weighted by Crippen LogP contribution is -2.41. The molecule has 2 rings (SSSR count). The lowest BCUT2D eigenvalue weighted by atomic mass is 10.3. The molecule has 0 amide bonds. The van der Waals surface area contributed by atoms with E-state index in [1.165, 1.54) is 30.7 Å². The number of aromatic nitrogens is 1. The van der Waals surface area contributed by atoms with Crippen LogP contribution in [0.2, 0.25) is 0 Å². The van der Waals surface area contributed by atoms with Crippen molar-refractivity contribution >= 4 is 28.7 Å². The van der Waals surface area contributed by atoms with Gasteiger partial charge in [-0.1, -0.05) is 12.8 Å². The van der Waals surface area contributed by atoms with Crippen LogP contribution < -0.4 is 10.6 Å². The van der Waals surface area contributed by atoms with Crippen molar-refractivity contribution < 1.29 is 0 Å². The molecule has 0 unspecified atom stereocenters. The normalized spacial score (nSPS) is 16.1. The number of hydrogen-bond acceptors (Lipinski definition) is 3. The van der Waals surface area contributed by atoms with Gasteiger partial charge in [-0.25, -0.2) is 4.98 Å². The van der Waals surface area contributed by atoms with E-state index < -0.39 is 0 Å². The van der Waals surface area contributed by atoms with Crippen LogP contribution in [0.5, 0.6) is 0 Å². The van der Waals surface area contributed by atoms with Gasteiger partial charge in [-0.3, -0.25) is 0 Å². The van der Waals surface area contributed by atoms with Crippen LogP contribution in [0.3, 0.4) is 0 Å². The molecule has 0 aromatic carbocycles. The Bertz CT molecular complexity index is 370. The number of thiocarbonyl (C=S) groups is 1. The predicted molar refractivity (Wildman–Crippen MR) is 76.5 cm³/mol. The molecule has 2 N–H and O–H groups in total. The van der Waals surface area contributed by atoms with E-state index in [0.717, 1.165) is 23.8 Å². The van der Waals surface area contributed by atoms with Crippen LogP contribution >= 0.6 is 23.6 Å². The molecule has 3 nitrogen and oxygen atoms in total. The van der Waals surface area contributed by atoms with E-state index >= 15 is 0 Å². The van der Waals surface area contributed by atoms with E-state index in [2.05, 4.69) is 21.0 Å². The lowest BCUT2D eigenvalue weighted by molar-refractivity contribution is 0.621. The van der Waals surface area contributed by atoms with E-state index in [1.54, 1.807) is 11.3 Å². The third kappa shape index (κ3) is 4.24. The minimum atomic E-state index is 0.595. The molecule has 1 fully saturated rings. The van der Waals surface area contributed by atoms with Crippen LogP contribution in [0, 0.1) is 6.92 Å². The zero-order valence-electron chi connectivity index (χ0n) is 10.2. The molecule has 0 saturated heterocycles. The monoisotopic (exact) mass is 269 g/mol. The smallest absolute Gasteiger partial charge is 0.166 e. The van der Waals surface area contributed by atoms with E-state index in [0.29, 0.717) is 6.04 Å². The summed E-state index contributed by atoms with van der Waals surface area (Å²) in [5, 5.41) is 10.7. The Kier molecular flexibility index (Phi) is 4.74. The van der Waals surface area contributed by atoms with Crippen LogP contribution in [0.25, 0.3) is 0 Å². The summed E-state index contributed by atoms with van der Waals surface area (Å²) in [7, 11) is 0. The van der Waals surface area contributed by atoms with Gasteiger partial charge in [-0.15, -0.1) is 11.3 Å². The van der Waals surface area contributed by atoms with Crippen molar-refractivity contribution in [1.82, 2.24) is 15.6 Å². The second kappa shape index (κ2) is 6.31. The molecule has 0 bridgehead atoms. The van der Waals surface area contributed by atoms with E-state index in [9.17, 15) is 0 Å². The molecule has 1 aromatic rings. The quantitative estimate of drug-likeness (QED) is 0.823. The topological polar surface area (TPSA) is 37.0 Å². The Labute approximate surface area is 112 Å². The van der Waals surface area contributed by atoms with Gasteiger partial charge < -0.3 is 10.6 Å². The van der Waals surface area contributed by atoms with Crippen LogP contribution in [0.15, 0.2) is 5.38 Å². The van der Waals surface area contributed by atoms with Crippen LogP contribution in [0.4, 0.5) is 0 Å². The average Bonchev–Trinajstić information content (AvgIpc) is 2.90. The number of thiazole rings is 1. The molecule has 1 aliphatic carbocycles. The molecule has 0 aliphatic heterocycles. The largest absolute Gasteiger partial charge is 0.362 e. The van der Waals surface area contributed by atoms with Crippen molar-refractivity contribution in [2.24, 2.45) is 0 Å². The molecule has 1 aromatic heterocycles. The minimum Gasteiger partial charge on any atom is -0.362 e. The number of rotatable bonds is 4. The zero-order chi connectivity index (χ0) is 12.1. The molecule has 0 spiro atoms. The first-order valence-electron chi connectivity index (χ1n) is 6.19. The Hall–Kier alpha value is -0.680. The summed E-state index contributed by atoms with van der Waals surface area (Å²) in [5.41, 5.74) is 1.11. The van der Waals surface area contributed by atoms with Crippen molar-refractivity contribution in [2.45, 2.75) is 45.1 Å². The summed E-state index contributed by atoms with van der Waals surface area (Å²) in [6, 6.07) is 0.595. The molecule has 0 radical (unpaired) electrons. The lowest BCUT2D eigenvalue weighted by Gasteiger charge is -2.15.